The first-order valence-corrected chi connectivity index (χ1v) is 5.38. The van der Waals surface area contributed by atoms with Crippen molar-refractivity contribution in [3.8, 4) is 11.5 Å². The molecular formula is C13H12ClNO. The molecule has 16 heavy (non-hydrogen) atoms. The fourth-order valence-electron chi connectivity index (χ4n) is 1.41. The Kier molecular flexibility index (Phi) is 3.32. The second-order valence-corrected chi connectivity index (χ2v) is 3.69. The minimum absolute atomic E-state index is 0.605. The van der Waals surface area contributed by atoms with Gasteiger partial charge in [0.25, 0.3) is 0 Å². The lowest BCUT2D eigenvalue weighted by molar-refractivity contribution is 0.485. The van der Waals surface area contributed by atoms with Gasteiger partial charge in [-0.2, -0.15) is 0 Å². The molecule has 0 radical (unpaired) electrons. The monoisotopic (exact) mass is 233 g/mol. The van der Waals surface area contributed by atoms with Crippen LogP contribution in [0.5, 0.6) is 11.5 Å². The molecule has 0 aliphatic heterocycles. The van der Waals surface area contributed by atoms with Crippen molar-refractivity contribution in [1.82, 2.24) is 0 Å². The summed E-state index contributed by atoms with van der Waals surface area (Å²) in [5.74, 6) is 1.42. The zero-order valence-corrected chi connectivity index (χ0v) is 9.66. The third-order valence-corrected chi connectivity index (χ3v) is 2.53. The van der Waals surface area contributed by atoms with Crippen molar-refractivity contribution < 1.29 is 4.74 Å². The molecule has 2 aromatic carbocycles. The molecule has 0 spiro atoms. The van der Waals surface area contributed by atoms with Gasteiger partial charge in [-0.05, 0) is 24.3 Å². The SMILES string of the molecule is CNc1ccccc1Oc1ccccc1Cl. The van der Waals surface area contributed by atoms with E-state index < -0.39 is 0 Å². The Morgan fingerprint density at radius 3 is 2.25 bits per heavy atom. The molecule has 0 aliphatic carbocycles. The molecular weight excluding hydrogens is 222 g/mol. The molecule has 2 nitrogen and oxygen atoms in total. The Morgan fingerprint density at radius 2 is 1.56 bits per heavy atom. The number of ether oxygens (including phenoxy) is 1. The summed E-state index contributed by atoms with van der Waals surface area (Å²) in [6.07, 6.45) is 0. The van der Waals surface area contributed by atoms with E-state index in [1.54, 1.807) is 6.07 Å². The largest absolute Gasteiger partial charge is 0.454 e. The Labute approximate surface area is 99.8 Å². The van der Waals surface area contributed by atoms with Gasteiger partial charge < -0.3 is 10.1 Å². The van der Waals surface area contributed by atoms with Crippen molar-refractivity contribution in [2.24, 2.45) is 0 Å². The lowest BCUT2D eigenvalue weighted by Gasteiger charge is -2.11. The number of hydrogen-bond donors (Lipinski definition) is 1. The summed E-state index contributed by atoms with van der Waals surface area (Å²) in [6, 6.07) is 15.1. The van der Waals surface area contributed by atoms with E-state index in [0.29, 0.717) is 10.8 Å². The zero-order valence-electron chi connectivity index (χ0n) is 8.91. The van der Waals surface area contributed by atoms with E-state index in [4.69, 9.17) is 16.3 Å². The van der Waals surface area contributed by atoms with Gasteiger partial charge in [0, 0.05) is 7.05 Å². The van der Waals surface area contributed by atoms with Crippen LogP contribution in [-0.2, 0) is 0 Å². The summed E-state index contributed by atoms with van der Waals surface area (Å²) in [5, 5.41) is 3.67. The van der Waals surface area contributed by atoms with Gasteiger partial charge in [-0.15, -0.1) is 0 Å². The van der Waals surface area contributed by atoms with E-state index in [9.17, 15) is 0 Å². The zero-order chi connectivity index (χ0) is 11.4. The Morgan fingerprint density at radius 1 is 0.938 bits per heavy atom. The van der Waals surface area contributed by atoms with Gasteiger partial charge in [-0.25, -0.2) is 0 Å². The van der Waals surface area contributed by atoms with Crippen LogP contribution < -0.4 is 10.1 Å². The highest BCUT2D eigenvalue weighted by atomic mass is 35.5. The predicted octanol–water partition coefficient (Wildman–Crippen LogP) is 4.17. The summed E-state index contributed by atoms with van der Waals surface area (Å²) < 4.78 is 5.74. The van der Waals surface area contributed by atoms with Crippen molar-refractivity contribution in [2.45, 2.75) is 0 Å². The Hall–Kier alpha value is -1.67. The van der Waals surface area contributed by atoms with Crippen molar-refractivity contribution in [3.05, 3.63) is 53.6 Å². The molecule has 2 rings (SSSR count). The fraction of sp³-hybridized carbons (Fsp3) is 0.0769. The molecule has 0 aromatic heterocycles. The molecule has 1 N–H and O–H groups in total. The first-order chi connectivity index (χ1) is 7.81. The summed E-state index contributed by atoms with van der Waals surface area (Å²) >= 11 is 6.02. The number of nitrogens with one attached hydrogen (secondary N) is 1. The molecule has 0 saturated heterocycles. The van der Waals surface area contributed by atoms with E-state index in [1.165, 1.54) is 0 Å². The molecule has 0 saturated carbocycles. The van der Waals surface area contributed by atoms with Gasteiger partial charge in [0.1, 0.15) is 5.75 Å². The number of para-hydroxylation sites is 3. The van der Waals surface area contributed by atoms with Crippen LogP contribution >= 0.6 is 11.6 Å². The van der Waals surface area contributed by atoms with E-state index in [0.717, 1.165) is 11.4 Å². The quantitative estimate of drug-likeness (QED) is 0.859. The van der Waals surface area contributed by atoms with E-state index in [2.05, 4.69) is 5.32 Å². The maximum atomic E-state index is 6.02. The van der Waals surface area contributed by atoms with Crippen LogP contribution in [0.4, 0.5) is 5.69 Å². The molecule has 0 bridgehead atoms. The third kappa shape index (κ3) is 2.28. The van der Waals surface area contributed by atoms with Gasteiger partial charge in [0.15, 0.2) is 5.75 Å². The lowest BCUT2D eigenvalue weighted by atomic mass is 10.3. The minimum atomic E-state index is 0.605. The third-order valence-electron chi connectivity index (χ3n) is 2.21. The molecule has 0 heterocycles. The normalized spacial score (nSPS) is 9.88. The van der Waals surface area contributed by atoms with Crippen LogP contribution in [0.2, 0.25) is 5.02 Å². The van der Waals surface area contributed by atoms with E-state index >= 15 is 0 Å². The van der Waals surface area contributed by atoms with Gasteiger partial charge >= 0.3 is 0 Å². The number of hydrogen-bond acceptors (Lipinski definition) is 2. The average Bonchev–Trinajstić information content (AvgIpc) is 2.33. The van der Waals surface area contributed by atoms with Gasteiger partial charge in [-0.3, -0.25) is 0 Å². The van der Waals surface area contributed by atoms with Crippen molar-refractivity contribution in [1.29, 1.82) is 0 Å². The summed E-state index contributed by atoms with van der Waals surface area (Å²) in [4.78, 5) is 0. The van der Waals surface area contributed by atoms with Gasteiger partial charge in [0.2, 0.25) is 0 Å². The highest BCUT2D eigenvalue weighted by Gasteiger charge is 2.04. The maximum absolute atomic E-state index is 6.02. The maximum Gasteiger partial charge on any atom is 0.150 e. The Bertz CT molecular complexity index is 485. The second-order valence-electron chi connectivity index (χ2n) is 3.28. The molecule has 2 aromatic rings. The van der Waals surface area contributed by atoms with E-state index in [-0.39, 0.29) is 0 Å². The highest BCUT2D eigenvalue weighted by Crippen LogP contribution is 2.32. The highest BCUT2D eigenvalue weighted by molar-refractivity contribution is 6.32. The molecule has 82 valence electrons. The van der Waals surface area contributed by atoms with Crippen LogP contribution in [0.25, 0.3) is 0 Å². The number of benzene rings is 2. The first kappa shape index (κ1) is 10.8. The first-order valence-electron chi connectivity index (χ1n) is 5.00. The minimum Gasteiger partial charge on any atom is -0.454 e. The van der Waals surface area contributed by atoms with Crippen molar-refractivity contribution >= 4 is 17.3 Å². The average molecular weight is 234 g/mol. The molecule has 0 atom stereocenters. The van der Waals surface area contributed by atoms with Gasteiger partial charge in [0.05, 0.1) is 10.7 Å². The van der Waals surface area contributed by atoms with E-state index in [1.807, 2.05) is 49.5 Å². The Balaban J connectivity index is 2.30. The van der Waals surface area contributed by atoms with Crippen LogP contribution in [-0.4, -0.2) is 7.05 Å². The fourth-order valence-corrected chi connectivity index (χ4v) is 1.58. The van der Waals surface area contributed by atoms with Crippen LogP contribution in [0, 0.1) is 0 Å². The summed E-state index contributed by atoms with van der Waals surface area (Å²) in [5.41, 5.74) is 0.933. The van der Waals surface area contributed by atoms with Crippen molar-refractivity contribution in [3.63, 3.8) is 0 Å². The number of anilines is 1. The predicted molar refractivity (Wildman–Crippen MR) is 67.5 cm³/mol. The topological polar surface area (TPSA) is 21.3 Å². The smallest absolute Gasteiger partial charge is 0.150 e. The summed E-state index contributed by atoms with van der Waals surface area (Å²) in [6.45, 7) is 0. The molecule has 3 heteroatoms. The van der Waals surface area contributed by atoms with Gasteiger partial charge in [-0.1, -0.05) is 35.9 Å². The van der Waals surface area contributed by atoms with Crippen LogP contribution in [0.1, 0.15) is 0 Å². The van der Waals surface area contributed by atoms with Crippen LogP contribution in [0.3, 0.4) is 0 Å². The summed E-state index contributed by atoms with van der Waals surface area (Å²) in [7, 11) is 1.86. The number of halogens is 1. The molecule has 0 aliphatic rings. The lowest BCUT2D eigenvalue weighted by Crippen LogP contribution is -1.93. The van der Waals surface area contributed by atoms with Crippen molar-refractivity contribution in [2.75, 3.05) is 12.4 Å². The molecule has 0 amide bonds. The molecule has 0 fully saturated rings. The number of rotatable bonds is 3. The standard InChI is InChI=1S/C13H12ClNO/c1-15-11-7-3-5-9-13(11)16-12-8-4-2-6-10(12)14/h2-9,15H,1H3. The van der Waals surface area contributed by atoms with Crippen LogP contribution in [0.15, 0.2) is 48.5 Å². The molecule has 0 unspecified atom stereocenters. The second kappa shape index (κ2) is 4.90.